The van der Waals surface area contributed by atoms with Crippen molar-refractivity contribution in [2.24, 2.45) is 0 Å². The zero-order chi connectivity index (χ0) is 20.0. The van der Waals surface area contributed by atoms with Crippen LogP contribution in [0.25, 0.3) is 6.08 Å². The highest BCUT2D eigenvalue weighted by Gasteiger charge is 2.22. The number of carbonyl (C=O) groups is 2. The van der Waals surface area contributed by atoms with Crippen LogP contribution in [0.15, 0.2) is 30.4 Å². The van der Waals surface area contributed by atoms with Crippen molar-refractivity contribution in [1.82, 2.24) is 0 Å². The molecular formula is C19H22F2O7. The molecule has 0 radical (unpaired) electrons. The van der Waals surface area contributed by atoms with Gasteiger partial charge in [-0.25, -0.2) is 4.79 Å². The number of phenolic OH excluding ortho intramolecular Hbond substituents is 1. The predicted molar refractivity (Wildman–Crippen MR) is 96.3 cm³/mol. The van der Waals surface area contributed by atoms with Crippen molar-refractivity contribution >= 4 is 17.8 Å². The molecule has 0 fully saturated rings. The number of cyclic esters (lactones) is 1. The molecule has 1 aromatic rings. The van der Waals surface area contributed by atoms with Gasteiger partial charge in [-0.15, -0.1) is 0 Å². The Balaban J connectivity index is 0.00000392. The van der Waals surface area contributed by atoms with Crippen LogP contribution in [0.3, 0.4) is 0 Å². The van der Waals surface area contributed by atoms with Crippen molar-refractivity contribution in [3.05, 3.63) is 41.5 Å². The molecule has 1 aromatic carbocycles. The quantitative estimate of drug-likeness (QED) is 0.735. The molecule has 0 spiro atoms. The van der Waals surface area contributed by atoms with Gasteiger partial charge in [0, 0.05) is 12.5 Å². The van der Waals surface area contributed by atoms with Crippen LogP contribution < -0.4 is 4.74 Å². The Bertz CT molecular complexity index is 759. The molecule has 0 saturated heterocycles. The maximum Gasteiger partial charge on any atom is 0.387 e. The Labute approximate surface area is 160 Å². The molecule has 0 aromatic heterocycles. The summed E-state index contributed by atoms with van der Waals surface area (Å²) in [6.45, 7) is -1.50. The molecule has 1 aliphatic rings. The average Bonchev–Trinajstić information content (AvgIpc) is 2.56. The molecule has 2 rings (SSSR count). The molecule has 0 bridgehead atoms. The van der Waals surface area contributed by atoms with E-state index in [9.17, 15) is 28.6 Å². The van der Waals surface area contributed by atoms with Crippen molar-refractivity contribution < 1.29 is 43.5 Å². The van der Waals surface area contributed by atoms with Gasteiger partial charge < -0.3 is 25.2 Å². The number of ketones is 1. The number of halogens is 2. The number of aliphatic hydroxyl groups is 1. The molecule has 2 atom stereocenters. The van der Waals surface area contributed by atoms with Crippen molar-refractivity contribution in [1.29, 1.82) is 0 Å². The summed E-state index contributed by atoms with van der Waals surface area (Å²) in [6, 6.07) is 2.09. The number of ether oxygens (including phenoxy) is 2. The number of alkyl halides is 2. The minimum atomic E-state index is -3.09. The third-order valence-electron chi connectivity index (χ3n) is 3.84. The number of aliphatic hydroxyl groups excluding tert-OH is 1. The number of hydrogen-bond donors (Lipinski definition) is 2. The van der Waals surface area contributed by atoms with Crippen LogP contribution >= 0.6 is 0 Å². The minimum Gasteiger partial charge on any atom is -0.507 e. The summed E-state index contributed by atoms with van der Waals surface area (Å²) in [6.07, 6.45) is 4.56. The van der Waals surface area contributed by atoms with Gasteiger partial charge in [0.2, 0.25) is 0 Å². The highest BCUT2D eigenvalue weighted by molar-refractivity contribution is 5.97. The standard InChI is InChI=1S/C19H20F2O6.H2O/c1-11-5-4-8-15(23)14(22)7-3-2-6-12-9-13(27-19(20)21)10-16(24)17(12)18(25)26-11;/h2,4,6,8-11,14,19,22,24H,3,5,7H2,1H3;1H2/b6-2+,8-4-;/t11-,14-;/m0./s1. The summed E-state index contributed by atoms with van der Waals surface area (Å²) >= 11 is 0. The molecule has 7 nitrogen and oxygen atoms in total. The molecule has 154 valence electrons. The average molecular weight is 400 g/mol. The molecular weight excluding hydrogens is 378 g/mol. The van der Waals surface area contributed by atoms with Gasteiger partial charge in [-0.3, -0.25) is 4.79 Å². The molecule has 0 saturated carbocycles. The van der Waals surface area contributed by atoms with Crippen LogP contribution in [-0.2, 0) is 9.53 Å². The van der Waals surface area contributed by atoms with Gasteiger partial charge in [0.15, 0.2) is 5.78 Å². The molecule has 28 heavy (non-hydrogen) atoms. The zero-order valence-corrected chi connectivity index (χ0v) is 15.1. The van der Waals surface area contributed by atoms with Crippen molar-refractivity contribution in [2.75, 3.05) is 0 Å². The molecule has 9 heteroatoms. The van der Waals surface area contributed by atoms with Crippen LogP contribution in [0.2, 0.25) is 0 Å². The van der Waals surface area contributed by atoms with Gasteiger partial charge >= 0.3 is 12.6 Å². The lowest BCUT2D eigenvalue weighted by molar-refractivity contribution is -0.122. The largest absolute Gasteiger partial charge is 0.507 e. The van der Waals surface area contributed by atoms with E-state index >= 15 is 0 Å². The molecule has 0 amide bonds. The summed E-state index contributed by atoms with van der Waals surface area (Å²) in [5, 5.41) is 19.9. The van der Waals surface area contributed by atoms with Crippen molar-refractivity contribution in [2.45, 2.75) is 45.0 Å². The number of phenols is 1. The number of fused-ring (bicyclic) bond motifs is 1. The van der Waals surface area contributed by atoms with Crippen LogP contribution in [0, 0.1) is 0 Å². The van der Waals surface area contributed by atoms with Gasteiger partial charge in [-0.05, 0) is 37.5 Å². The number of carbonyl (C=O) groups excluding carboxylic acids is 2. The van der Waals surface area contributed by atoms with E-state index in [2.05, 4.69) is 4.74 Å². The number of benzene rings is 1. The fraction of sp³-hybridized carbons (Fsp3) is 0.368. The van der Waals surface area contributed by atoms with E-state index in [1.807, 2.05) is 0 Å². The normalized spacial score (nSPS) is 23.0. The maximum absolute atomic E-state index is 12.5. The third kappa shape index (κ3) is 6.43. The summed E-state index contributed by atoms with van der Waals surface area (Å²) in [5.41, 5.74) is -0.0614. The lowest BCUT2D eigenvalue weighted by atomic mass is 10.0. The summed E-state index contributed by atoms with van der Waals surface area (Å²) in [5.74, 6) is -2.15. The topological polar surface area (TPSA) is 125 Å². The number of allylic oxidation sites excluding steroid dienone is 1. The fourth-order valence-corrected chi connectivity index (χ4v) is 2.53. The zero-order valence-electron chi connectivity index (χ0n) is 15.1. The van der Waals surface area contributed by atoms with E-state index in [-0.39, 0.29) is 41.6 Å². The van der Waals surface area contributed by atoms with Crippen LogP contribution in [0.1, 0.15) is 42.1 Å². The van der Waals surface area contributed by atoms with Crippen LogP contribution in [0.5, 0.6) is 11.5 Å². The smallest absolute Gasteiger partial charge is 0.387 e. The number of aromatic hydroxyl groups is 1. The van der Waals surface area contributed by atoms with E-state index in [1.165, 1.54) is 24.3 Å². The van der Waals surface area contributed by atoms with E-state index in [4.69, 9.17) is 4.74 Å². The fourth-order valence-electron chi connectivity index (χ4n) is 2.53. The van der Waals surface area contributed by atoms with Crippen molar-refractivity contribution in [3.8, 4) is 11.5 Å². The second-order valence-electron chi connectivity index (χ2n) is 6.04. The van der Waals surface area contributed by atoms with E-state index in [0.717, 1.165) is 6.07 Å². The first-order chi connectivity index (χ1) is 12.8. The first-order valence-electron chi connectivity index (χ1n) is 8.35. The van der Waals surface area contributed by atoms with E-state index < -0.39 is 36.3 Å². The van der Waals surface area contributed by atoms with Crippen LogP contribution in [-0.4, -0.2) is 46.3 Å². The lowest BCUT2D eigenvalue weighted by Gasteiger charge is -2.15. The van der Waals surface area contributed by atoms with E-state index in [0.29, 0.717) is 0 Å². The Morgan fingerprint density at radius 3 is 2.61 bits per heavy atom. The number of rotatable bonds is 2. The third-order valence-corrected chi connectivity index (χ3v) is 3.84. The summed E-state index contributed by atoms with van der Waals surface area (Å²) in [4.78, 5) is 24.2. The maximum atomic E-state index is 12.5. The highest BCUT2D eigenvalue weighted by atomic mass is 19.3. The first kappa shape index (κ1) is 23.3. The van der Waals surface area contributed by atoms with E-state index in [1.54, 1.807) is 13.0 Å². The van der Waals surface area contributed by atoms with Crippen LogP contribution in [0.4, 0.5) is 8.78 Å². The lowest BCUT2D eigenvalue weighted by Crippen LogP contribution is -2.19. The Morgan fingerprint density at radius 1 is 1.21 bits per heavy atom. The Kier molecular flexibility index (Phi) is 8.75. The molecule has 0 aliphatic carbocycles. The Morgan fingerprint density at radius 2 is 1.93 bits per heavy atom. The molecule has 4 N–H and O–H groups in total. The summed E-state index contributed by atoms with van der Waals surface area (Å²) < 4.78 is 34.4. The number of esters is 1. The number of hydrogen-bond acceptors (Lipinski definition) is 6. The second kappa shape index (κ2) is 10.5. The first-order valence-corrected chi connectivity index (χ1v) is 8.35. The van der Waals surface area contributed by atoms with Gasteiger partial charge in [-0.1, -0.05) is 18.2 Å². The van der Waals surface area contributed by atoms with Gasteiger partial charge in [0.05, 0.1) is 0 Å². The van der Waals surface area contributed by atoms with Gasteiger partial charge in [0.25, 0.3) is 0 Å². The monoisotopic (exact) mass is 400 g/mol. The minimum absolute atomic E-state index is 0. The summed E-state index contributed by atoms with van der Waals surface area (Å²) in [7, 11) is 0. The van der Waals surface area contributed by atoms with Gasteiger partial charge in [0.1, 0.15) is 29.3 Å². The predicted octanol–water partition coefficient (Wildman–Crippen LogP) is 2.40. The highest BCUT2D eigenvalue weighted by Crippen LogP contribution is 2.31. The molecule has 0 unspecified atom stereocenters. The van der Waals surface area contributed by atoms with Crippen molar-refractivity contribution in [3.63, 3.8) is 0 Å². The molecule has 1 heterocycles. The second-order valence-corrected chi connectivity index (χ2v) is 6.04. The Hall–Kier alpha value is -2.78. The van der Waals surface area contributed by atoms with Gasteiger partial charge in [-0.2, -0.15) is 8.78 Å². The SMILES string of the molecule is C[C@H]1C/C=C\C(=O)[C@@H](O)CC/C=C/c2cc(OC(F)F)cc(O)c2C(=O)O1.O. The molecule has 1 aliphatic heterocycles.